The molecule has 1 unspecified atom stereocenters. The Bertz CT molecular complexity index is 1600. The number of likely N-dealkylation sites (N-methyl/N-ethyl adjacent to an activating group) is 1. The number of imidazole rings is 1. The van der Waals surface area contributed by atoms with E-state index in [1.54, 1.807) is 16.9 Å². The molecular weight excluding hydrogens is 625 g/mol. The second kappa shape index (κ2) is 13.1. The van der Waals surface area contributed by atoms with Gasteiger partial charge in [0, 0.05) is 56.9 Å². The third-order valence-corrected chi connectivity index (χ3v) is 9.90. The van der Waals surface area contributed by atoms with E-state index in [9.17, 15) is 31.5 Å². The molecule has 16 heteroatoms. The zero-order valence-corrected chi connectivity index (χ0v) is 26.4. The van der Waals surface area contributed by atoms with E-state index >= 15 is 0 Å². The second-order valence-electron chi connectivity index (χ2n) is 13.3. The normalized spacial score (nSPS) is 25.1. The molecule has 3 aromatic heterocycles. The van der Waals surface area contributed by atoms with Gasteiger partial charge in [-0.15, -0.1) is 0 Å². The molecule has 47 heavy (non-hydrogen) atoms. The Hall–Kier alpha value is -3.69. The maximum Gasteiger partial charge on any atom is 0.393 e. The van der Waals surface area contributed by atoms with Gasteiger partial charge >= 0.3 is 6.18 Å². The minimum atomic E-state index is -4.44. The van der Waals surface area contributed by atoms with Crippen LogP contribution in [-0.2, 0) is 17.8 Å². The van der Waals surface area contributed by atoms with Crippen LogP contribution in [0.2, 0.25) is 0 Å². The van der Waals surface area contributed by atoms with Crippen molar-refractivity contribution in [3.05, 3.63) is 41.2 Å². The maximum absolute atomic E-state index is 14.2. The molecule has 3 aromatic rings. The van der Waals surface area contributed by atoms with E-state index in [2.05, 4.69) is 20.6 Å². The number of hydrogen-bond donors (Lipinski definition) is 2. The average Bonchev–Trinajstić information content (AvgIpc) is 3.67. The van der Waals surface area contributed by atoms with Crippen LogP contribution in [0.3, 0.4) is 0 Å². The van der Waals surface area contributed by atoms with Gasteiger partial charge in [-0.3, -0.25) is 14.3 Å². The largest absolute Gasteiger partial charge is 0.393 e. The number of fused-ring (bicyclic) bond motifs is 1. The fourth-order valence-electron chi connectivity index (χ4n) is 7.28. The van der Waals surface area contributed by atoms with E-state index < -0.39 is 48.3 Å². The lowest BCUT2D eigenvalue weighted by Gasteiger charge is -2.33. The second-order valence-corrected chi connectivity index (χ2v) is 13.3. The highest BCUT2D eigenvalue weighted by atomic mass is 19.4. The summed E-state index contributed by atoms with van der Waals surface area (Å²) >= 11 is 0. The highest BCUT2D eigenvalue weighted by Crippen LogP contribution is 2.42. The number of carbonyl (C=O) groups excluding carboxylic acids is 2. The summed E-state index contributed by atoms with van der Waals surface area (Å²) in [7, 11) is 1.99. The summed E-state index contributed by atoms with van der Waals surface area (Å²) in [5.74, 6) is -6.41. The predicted octanol–water partition coefficient (Wildman–Crippen LogP) is 4.30. The molecule has 2 N–H and O–H groups in total. The monoisotopic (exact) mass is 665 g/mol. The summed E-state index contributed by atoms with van der Waals surface area (Å²) in [6.45, 7) is 3.42. The minimum Gasteiger partial charge on any atom is -0.355 e. The standard InChI is InChI=1S/C31H40F5N9O2/c1-3-44-24(8-11-38-44)28(47)40-25(18-6-9-30(32,33)10-7-18)23-17-45-29(39-23)41-26(19-5-4-12-43(2)16-19)22(42-45)14-20-13-21(31(34,35)36)15-37-27(20)46/h8,11,17-21,25H,3-7,9-10,12-16H2,1-2H3,(H,37,46)(H,40,47)/t19?,20-,21-,25+/m1/s1. The number of hydrogen-bond acceptors (Lipinski definition) is 7. The summed E-state index contributed by atoms with van der Waals surface area (Å²) < 4.78 is 72.2. The Morgan fingerprint density at radius 3 is 2.66 bits per heavy atom. The molecule has 0 spiro atoms. The van der Waals surface area contributed by atoms with Crippen LogP contribution in [-0.4, -0.2) is 84.9 Å². The zero-order valence-electron chi connectivity index (χ0n) is 26.4. The van der Waals surface area contributed by atoms with Gasteiger partial charge in [0.1, 0.15) is 5.69 Å². The Morgan fingerprint density at radius 2 is 1.96 bits per heavy atom. The quantitative estimate of drug-likeness (QED) is 0.344. The van der Waals surface area contributed by atoms with Gasteiger partial charge in [0.25, 0.3) is 11.7 Å². The molecule has 3 aliphatic rings. The lowest BCUT2D eigenvalue weighted by atomic mass is 9.81. The van der Waals surface area contributed by atoms with Crippen LogP contribution in [0.25, 0.3) is 5.78 Å². The Balaban J connectivity index is 1.37. The molecule has 4 atom stereocenters. The van der Waals surface area contributed by atoms with Gasteiger partial charge in [-0.1, -0.05) is 0 Å². The van der Waals surface area contributed by atoms with Gasteiger partial charge in [0.15, 0.2) is 0 Å². The van der Waals surface area contributed by atoms with Crippen LogP contribution in [0, 0.1) is 17.8 Å². The lowest BCUT2D eigenvalue weighted by molar-refractivity contribution is -0.183. The third-order valence-electron chi connectivity index (χ3n) is 9.90. The highest BCUT2D eigenvalue weighted by molar-refractivity contribution is 5.92. The number of alkyl halides is 5. The average molecular weight is 666 g/mol. The first-order valence-corrected chi connectivity index (χ1v) is 16.3. The molecule has 0 bridgehead atoms. The van der Waals surface area contributed by atoms with Crippen molar-refractivity contribution < 1.29 is 31.5 Å². The van der Waals surface area contributed by atoms with Crippen molar-refractivity contribution in [2.75, 3.05) is 26.7 Å². The number of carbonyl (C=O) groups is 2. The molecule has 0 radical (unpaired) electrons. The minimum absolute atomic E-state index is 0.0245. The summed E-state index contributed by atoms with van der Waals surface area (Å²) in [6, 6.07) is 0.856. The van der Waals surface area contributed by atoms with Crippen molar-refractivity contribution in [2.45, 2.75) is 88.9 Å². The van der Waals surface area contributed by atoms with E-state index in [0.29, 0.717) is 35.9 Å². The van der Waals surface area contributed by atoms with Gasteiger partial charge in [-0.05, 0) is 64.6 Å². The Kier molecular flexibility index (Phi) is 9.24. The van der Waals surface area contributed by atoms with Crippen molar-refractivity contribution in [1.29, 1.82) is 0 Å². The van der Waals surface area contributed by atoms with E-state index in [0.717, 1.165) is 19.4 Å². The van der Waals surface area contributed by atoms with Crippen LogP contribution < -0.4 is 10.6 Å². The number of amides is 2. The number of aryl methyl sites for hydroxylation is 1. The SMILES string of the molecule is CCn1nccc1C(=O)N[C@H](c1cn2nc(C[C@H]3C[C@@H](C(F)(F)F)CNC3=O)c(C3CCCN(C)C3)nc2n1)C1CCC(F)(F)CC1. The molecule has 5 heterocycles. The number of aromatic nitrogens is 6. The maximum atomic E-state index is 14.2. The molecular formula is C31H40F5N9O2. The first kappa shape index (κ1) is 33.2. The number of piperidine rings is 2. The smallest absolute Gasteiger partial charge is 0.355 e. The molecule has 3 fully saturated rings. The predicted molar refractivity (Wildman–Crippen MR) is 160 cm³/mol. The van der Waals surface area contributed by atoms with Gasteiger partial charge in [-0.25, -0.2) is 23.3 Å². The molecule has 1 aliphatic carbocycles. The third kappa shape index (κ3) is 7.26. The molecule has 256 valence electrons. The molecule has 2 aliphatic heterocycles. The van der Waals surface area contributed by atoms with Crippen LogP contribution in [0.4, 0.5) is 22.0 Å². The van der Waals surface area contributed by atoms with Crippen LogP contribution in [0.5, 0.6) is 0 Å². The van der Waals surface area contributed by atoms with Crippen LogP contribution >= 0.6 is 0 Å². The molecule has 2 amide bonds. The Labute approximate surface area is 268 Å². The number of nitrogens with one attached hydrogen (secondary N) is 2. The first-order valence-electron chi connectivity index (χ1n) is 16.3. The topological polar surface area (TPSA) is 122 Å². The molecule has 2 saturated heterocycles. The van der Waals surface area contributed by atoms with Crippen molar-refractivity contribution in [3.63, 3.8) is 0 Å². The van der Waals surface area contributed by atoms with Crippen molar-refractivity contribution in [3.8, 4) is 0 Å². The number of rotatable bonds is 8. The van der Waals surface area contributed by atoms with Gasteiger partial charge in [-0.2, -0.15) is 23.4 Å². The number of nitrogens with zero attached hydrogens (tertiary/aromatic N) is 7. The molecule has 6 rings (SSSR count). The van der Waals surface area contributed by atoms with E-state index in [4.69, 9.17) is 15.1 Å². The Morgan fingerprint density at radius 1 is 1.19 bits per heavy atom. The summed E-state index contributed by atoms with van der Waals surface area (Å²) in [5, 5.41) is 14.4. The van der Waals surface area contributed by atoms with E-state index in [-0.39, 0.29) is 56.1 Å². The summed E-state index contributed by atoms with van der Waals surface area (Å²) in [5.41, 5.74) is 1.74. The van der Waals surface area contributed by atoms with E-state index in [1.165, 1.54) is 10.7 Å². The fraction of sp³-hybridized carbons (Fsp3) is 0.677. The number of likely N-dealkylation sites (tertiary alicyclic amines) is 1. The lowest BCUT2D eigenvalue weighted by Crippen LogP contribution is -2.47. The van der Waals surface area contributed by atoms with Crippen molar-refractivity contribution >= 4 is 17.6 Å². The summed E-state index contributed by atoms with van der Waals surface area (Å²) in [6.07, 6.45) is -0.304. The van der Waals surface area contributed by atoms with Crippen molar-refractivity contribution in [2.24, 2.45) is 17.8 Å². The van der Waals surface area contributed by atoms with Gasteiger partial charge in [0.2, 0.25) is 11.8 Å². The molecule has 1 saturated carbocycles. The van der Waals surface area contributed by atoms with E-state index in [1.807, 2.05) is 14.0 Å². The van der Waals surface area contributed by atoms with Crippen LogP contribution in [0.15, 0.2) is 18.5 Å². The highest BCUT2D eigenvalue weighted by Gasteiger charge is 2.45. The van der Waals surface area contributed by atoms with Gasteiger partial charge in [0.05, 0.1) is 35.2 Å². The fourth-order valence-corrected chi connectivity index (χ4v) is 7.28. The molecule has 11 nitrogen and oxygen atoms in total. The van der Waals surface area contributed by atoms with Gasteiger partial charge < -0.3 is 15.5 Å². The first-order chi connectivity index (χ1) is 22.3. The van der Waals surface area contributed by atoms with Crippen LogP contribution in [0.1, 0.15) is 91.4 Å². The number of halogens is 5. The summed E-state index contributed by atoms with van der Waals surface area (Å²) in [4.78, 5) is 38.0. The zero-order chi connectivity index (χ0) is 33.5. The molecule has 0 aromatic carbocycles. The van der Waals surface area contributed by atoms with Crippen molar-refractivity contribution in [1.82, 2.24) is 44.9 Å².